The molecule has 20 heavy (non-hydrogen) atoms. The third kappa shape index (κ3) is 1.79. The molecule has 98 valence electrons. The van der Waals surface area contributed by atoms with E-state index in [4.69, 9.17) is 10.2 Å². The second-order valence-corrected chi connectivity index (χ2v) is 5.12. The molecule has 0 aliphatic rings. The molecule has 4 rings (SSSR count). The van der Waals surface area contributed by atoms with Crippen molar-refractivity contribution in [3.8, 4) is 0 Å². The summed E-state index contributed by atoms with van der Waals surface area (Å²) in [4.78, 5) is 13.0. The van der Waals surface area contributed by atoms with E-state index in [1.165, 1.54) is 11.8 Å². The molecule has 0 saturated heterocycles. The molecule has 4 aromatic rings. The standard InChI is InChI=1S/C13H9N5OS/c14-10-7-18-6-5-15-11(18)12(17-10)20-13-16-8-3-1-2-4-9(8)19-13/h1-7H,14H2. The number of nitrogens with two attached hydrogens (primary N) is 1. The second-order valence-electron chi connectivity index (χ2n) is 4.18. The van der Waals surface area contributed by atoms with Crippen LogP contribution in [0, 0.1) is 0 Å². The molecule has 0 spiro atoms. The molecule has 0 radical (unpaired) electrons. The van der Waals surface area contributed by atoms with Crippen LogP contribution in [0.2, 0.25) is 0 Å². The third-order valence-corrected chi connectivity index (χ3v) is 3.64. The summed E-state index contributed by atoms with van der Waals surface area (Å²) in [7, 11) is 0. The van der Waals surface area contributed by atoms with Crippen molar-refractivity contribution in [3.63, 3.8) is 0 Å². The SMILES string of the molecule is Nc1cn2ccnc2c(Sc2nc3ccccc3o2)n1. The predicted octanol–water partition coefficient (Wildman–Crippen LogP) is 2.60. The molecule has 0 saturated carbocycles. The fourth-order valence-corrected chi connectivity index (χ4v) is 2.81. The lowest BCUT2D eigenvalue weighted by Crippen LogP contribution is -1.97. The fourth-order valence-electron chi connectivity index (χ4n) is 1.97. The van der Waals surface area contributed by atoms with E-state index in [-0.39, 0.29) is 0 Å². The van der Waals surface area contributed by atoms with Crippen molar-refractivity contribution < 1.29 is 4.42 Å². The molecule has 7 heteroatoms. The van der Waals surface area contributed by atoms with Gasteiger partial charge in [0.1, 0.15) is 11.3 Å². The van der Waals surface area contributed by atoms with Crippen molar-refractivity contribution in [2.24, 2.45) is 0 Å². The lowest BCUT2D eigenvalue weighted by Gasteiger charge is -2.01. The van der Waals surface area contributed by atoms with Crippen molar-refractivity contribution >= 4 is 34.3 Å². The Balaban J connectivity index is 1.81. The third-order valence-electron chi connectivity index (χ3n) is 2.82. The van der Waals surface area contributed by atoms with E-state index in [9.17, 15) is 0 Å². The van der Waals surface area contributed by atoms with Crippen LogP contribution in [0.15, 0.2) is 57.5 Å². The highest BCUT2D eigenvalue weighted by Gasteiger charge is 2.12. The van der Waals surface area contributed by atoms with Gasteiger partial charge in [0, 0.05) is 12.4 Å². The summed E-state index contributed by atoms with van der Waals surface area (Å²) in [5.41, 5.74) is 8.08. The molecule has 2 N–H and O–H groups in total. The molecule has 0 atom stereocenters. The largest absolute Gasteiger partial charge is 0.431 e. The van der Waals surface area contributed by atoms with Gasteiger partial charge in [0.05, 0.1) is 6.20 Å². The average molecular weight is 283 g/mol. The Kier molecular flexibility index (Phi) is 2.40. The topological polar surface area (TPSA) is 82.2 Å². The number of fused-ring (bicyclic) bond motifs is 2. The molecule has 0 bridgehead atoms. The summed E-state index contributed by atoms with van der Waals surface area (Å²) < 4.78 is 7.50. The normalized spacial score (nSPS) is 11.4. The van der Waals surface area contributed by atoms with Gasteiger partial charge in [0.25, 0.3) is 5.22 Å². The first-order valence-electron chi connectivity index (χ1n) is 5.92. The van der Waals surface area contributed by atoms with E-state index in [1.807, 2.05) is 34.9 Å². The maximum atomic E-state index is 5.79. The van der Waals surface area contributed by atoms with Crippen LogP contribution in [0.5, 0.6) is 0 Å². The van der Waals surface area contributed by atoms with E-state index in [2.05, 4.69) is 15.0 Å². The zero-order valence-electron chi connectivity index (χ0n) is 10.2. The number of rotatable bonds is 2. The summed E-state index contributed by atoms with van der Waals surface area (Å²) in [5.74, 6) is 0.425. The minimum Gasteiger partial charge on any atom is -0.431 e. The van der Waals surface area contributed by atoms with Gasteiger partial charge in [0.2, 0.25) is 0 Å². The lowest BCUT2D eigenvalue weighted by molar-refractivity contribution is 0.489. The zero-order valence-corrected chi connectivity index (χ0v) is 11.0. The number of oxazole rings is 1. The monoisotopic (exact) mass is 283 g/mol. The Morgan fingerprint density at radius 1 is 1.20 bits per heavy atom. The predicted molar refractivity (Wildman–Crippen MR) is 75.5 cm³/mol. The summed E-state index contributed by atoms with van der Waals surface area (Å²) in [6.07, 6.45) is 5.24. The van der Waals surface area contributed by atoms with Crippen LogP contribution in [0.4, 0.5) is 5.82 Å². The van der Waals surface area contributed by atoms with Crippen molar-refractivity contribution in [2.75, 3.05) is 5.73 Å². The van der Waals surface area contributed by atoms with Crippen LogP contribution in [-0.4, -0.2) is 19.4 Å². The van der Waals surface area contributed by atoms with Crippen molar-refractivity contribution in [2.45, 2.75) is 10.2 Å². The maximum Gasteiger partial charge on any atom is 0.263 e. The van der Waals surface area contributed by atoms with Crippen LogP contribution in [0.1, 0.15) is 0 Å². The van der Waals surface area contributed by atoms with Gasteiger partial charge in [-0.15, -0.1) is 0 Å². The zero-order chi connectivity index (χ0) is 13.5. The molecule has 0 aliphatic heterocycles. The number of hydrogen-bond donors (Lipinski definition) is 1. The Morgan fingerprint density at radius 3 is 3.00 bits per heavy atom. The van der Waals surface area contributed by atoms with Gasteiger partial charge < -0.3 is 14.6 Å². The number of nitrogen functional groups attached to an aromatic ring is 1. The van der Waals surface area contributed by atoms with E-state index < -0.39 is 0 Å². The van der Waals surface area contributed by atoms with Crippen molar-refractivity contribution in [1.29, 1.82) is 0 Å². The first-order valence-corrected chi connectivity index (χ1v) is 6.74. The average Bonchev–Trinajstić information content (AvgIpc) is 3.03. The quantitative estimate of drug-likeness (QED) is 0.609. The van der Waals surface area contributed by atoms with E-state index in [0.717, 1.165) is 16.7 Å². The van der Waals surface area contributed by atoms with E-state index in [1.54, 1.807) is 12.4 Å². The Hall–Kier alpha value is -2.54. The van der Waals surface area contributed by atoms with Gasteiger partial charge in [-0.1, -0.05) is 12.1 Å². The van der Waals surface area contributed by atoms with Gasteiger partial charge in [-0.2, -0.15) is 0 Å². The molecular weight excluding hydrogens is 274 g/mol. The van der Waals surface area contributed by atoms with Crippen molar-refractivity contribution in [1.82, 2.24) is 19.4 Å². The van der Waals surface area contributed by atoms with Crippen LogP contribution in [-0.2, 0) is 0 Å². The molecule has 0 aliphatic carbocycles. The molecule has 3 heterocycles. The minimum absolute atomic E-state index is 0.425. The van der Waals surface area contributed by atoms with Gasteiger partial charge in [-0.25, -0.2) is 15.0 Å². The molecular formula is C13H9N5OS. The lowest BCUT2D eigenvalue weighted by atomic mass is 10.3. The second kappa shape index (κ2) is 4.24. The van der Waals surface area contributed by atoms with Crippen molar-refractivity contribution in [3.05, 3.63) is 42.9 Å². The van der Waals surface area contributed by atoms with E-state index in [0.29, 0.717) is 16.1 Å². The summed E-state index contributed by atoms with van der Waals surface area (Å²) >= 11 is 1.31. The maximum absolute atomic E-state index is 5.79. The van der Waals surface area contributed by atoms with E-state index >= 15 is 0 Å². The number of aromatic nitrogens is 4. The summed E-state index contributed by atoms with van der Waals surface area (Å²) in [6, 6.07) is 7.61. The van der Waals surface area contributed by atoms with Gasteiger partial charge in [-0.3, -0.25) is 0 Å². The van der Waals surface area contributed by atoms with Crippen LogP contribution in [0.25, 0.3) is 16.7 Å². The van der Waals surface area contributed by atoms with Crippen LogP contribution < -0.4 is 5.73 Å². The van der Waals surface area contributed by atoms with Gasteiger partial charge >= 0.3 is 0 Å². The Labute approximate surface area is 117 Å². The summed E-state index contributed by atoms with van der Waals surface area (Å²) in [5, 5.41) is 1.19. The Morgan fingerprint density at radius 2 is 2.10 bits per heavy atom. The summed E-state index contributed by atoms with van der Waals surface area (Å²) in [6.45, 7) is 0. The number of benzene rings is 1. The first-order chi connectivity index (χ1) is 9.79. The smallest absolute Gasteiger partial charge is 0.263 e. The van der Waals surface area contributed by atoms with Gasteiger partial charge in [0.15, 0.2) is 16.3 Å². The highest BCUT2D eigenvalue weighted by molar-refractivity contribution is 7.99. The molecule has 0 fully saturated rings. The highest BCUT2D eigenvalue weighted by Crippen LogP contribution is 2.31. The number of anilines is 1. The van der Waals surface area contributed by atoms with Crippen LogP contribution in [0.3, 0.4) is 0 Å². The number of nitrogens with zero attached hydrogens (tertiary/aromatic N) is 4. The Bertz CT molecular complexity index is 880. The molecule has 0 unspecified atom stereocenters. The number of para-hydroxylation sites is 2. The molecule has 1 aromatic carbocycles. The fraction of sp³-hybridized carbons (Fsp3) is 0. The molecule has 0 amide bonds. The van der Waals surface area contributed by atoms with Crippen LogP contribution >= 0.6 is 11.8 Å². The number of imidazole rings is 1. The molecule has 3 aromatic heterocycles. The minimum atomic E-state index is 0.425. The van der Waals surface area contributed by atoms with Gasteiger partial charge in [-0.05, 0) is 23.9 Å². The molecule has 6 nitrogen and oxygen atoms in total. The highest BCUT2D eigenvalue weighted by atomic mass is 32.2. The first kappa shape index (κ1) is 11.3. The number of hydrogen-bond acceptors (Lipinski definition) is 6.